The van der Waals surface area contributed by atoms with Gasteiger partial charge in [0.1, 0.15) is 11.3 Å². The molecular weight excluding hydrogens is 268 g/mol. The van der Waals surface area contributed by atoms with E-state index in [4.69, 9.17) is 10.5 Å². The summed E-state index contributed by atoms with van der Waals surface area (Å²) in [6, 6.07) is 4.90. The average molecular weight is 280 g/mol. The van der Waals surface area contributed by atoms with E-state index in [1.807, 2.05) is 0 Å². The van der Waals surface area contributed by atoms with Gasteiger partial charge in [0, 0.05) is 5.56 Å². The van der Waals surface area contributed by atoms with Crippen LogP contribution >= 0.6 is 15.9 Å². The number of nitrogens with two attached hydrogens (primary N) is 1. The van der Waals surface area contributed by atoms with Crippen molar-refractivity contribution in [3.63, 3.8) is 0 Å². The van der Waals surface area contributed by atoms with Crippen LogP contribution in [0.5, 0.6) is 5.75 Å². The van der Waals surface area contributed by atoms with Crippen molar-refractivity contribution in [2.24, 2.45) is 5.73 Å². The maximum Gasteiger partial charge on any atom is 0.260 e. The van der Waals surface area contributed by atoms with Crippen molar-refractivity contribution in [1.29, 1.82) is 0 Å². The fourth-order valence-corrected chi connectivity index (χ4v) is 1.79. The molecule has 1 aromatic carbocycles. The number of ether oxygens (including phenoxy) is 1. The monoisotopic (exact) mass is 279 g/mol. The molecule has 0 spiro atoms. The Morgan fingerprint density at radius 3 is 2.53 bits per heavy atom. The van der Waals surface area contributed by atoms with Gasteiger partial charge in [0.05, 0.1) is 11.6 Å². The summed E-state index contributed by atoms with van der Waals surface area (Å²) in [6.07, 6.45) is -2.65. The van der Waals surface area contributed by atoms with Crippen LogP contribution in [-0.4, -0.2) is 13.5 Å². The molecule has 0 aliphatic rings. The maximum absolute atomic E-state index is 12.8. The number of methoxy groups -OCH3 is 1. The van der Waals surface area contributed by atoms with E-state index in [2.05, 4.69) is 15.9 Å². The van der Waals surface area contributed by atoms with E-state index < -0.39 is 12.0 Å². The smallest absolute Gasteiger partial charge is 0.260 e. The molecule has 2 N–H and O–H groups in total. The normalized spacial score (nSPS) is 15.1. The SMILES string of the molecule is COc1c(Br)cccc1C(C)(N)C(F)F. The summed E-state index contributed by atoms with van der Waals surface area (Å²) in [5.74, 6) is 0.350. The quantitative estimate of drug-likeness (QED) is 0.924. The van der Waals surface area contributed by atoms with Gasteiger partial charge in [0.2, 0.25) is 0 Å². The summed E-state index contributed by atoms with van der Waals surface area (Å²) < 4.78 is 31.2. The zero-order chi connectivity index (χ0) is 11.6. The Morgan fingerprint density at radius 1 is 1.47 bits per heavy atom. The third-order valence-corrected chi connectivity index (χ3v) is 2.83. The lowest BCUT2D eigenvalue weighted by molar-refractivity contribution is 0.0610. The Balaban J connectivity index is 3.31. The third-order valence-electron chi connectivity index (χ3n) is 2.20. The van der Waals surface area contributed by atoms with Gasteiger partial charge in [0.25, 0.3) is 6.43 Å². The van der Waals surface area contributed by atoms with Crippen LogP contribution < -0.4 is 10.5 Å². The predicted molar refractivity (Wildman–Crippen MR) is 58.2 cm³/mol. The van der Waals surface area contributed by atoms with E-state index in [1.165, 1.54) is 20.1 Å². The number of para-hydroxylation sites is 1. The van der Waals surface area contributed by atoms with E-state index in [0.29, 0.717) is 10.2 Å². The topological polar surface area (TPSA) is 35.2 Å². The largest absolute Gasteiger partial charge is 0.495 e. The highest BCUT2D eigenvalue weighted by molar-refractivity contribution is 9.10. The van der Waals surface area contributed by atoms with Crippen molar-refractivity contribution in [1.82, 2.24) is 0 Å². The van der Waals surface area contributed by atoms with Crippen LogP contribution in [0.4, 0.5) is 8.78 Å². The van der Waals surface area contributed by atoms with Crippen molar-refractivity contribution in [3.8, 4) is 5.75 Å². The molecule has 1 aromatic rings. The van der Waals surface area contributed by atoms with E-state index in [9.17, 15) is 8.78 Å². The Morgan fingerprint density at radius 2 is 2.07 bits per heavy atom. The molecule has 15 heavy (non-hydrogen) atoms. The first kappa shape index (κ1) is 12.4. The first-order chi connectivity index (χ1) is 6.91. The number of hydrogen-bond donors (Lipinski definition) is 1. The van der Waals surface area contributed by atoms with Gasteiger partial charge in [-0.3, -0.25) is 0 Å². The summed E-state index contributed by atoms with van der Waals surface area (Å²) in [5, 5.41) is 0. The molecule has 0 fully saturated rings. The molecule has 0 aliphatic heterocycles. The standard InChI is InChI=1S/C10H12BrF2NO/c1-10(14,9(12)13)6-4-3-5-7(11)8(6)15-2/h3-5,9H,14H2,1-2H3. The molecule has 1 unspecified atom stereocenters. The van der Waals surface area contributed by atoms with Crippen molar-refractivity contribution in [2.75, 3.05) is 7.11 Å². The minimum Gasteiger partial charge on any atom is -0.495 e. The lowest BCUT2D eigenvalue weighted by Crippen LogP contribution is -2.40. The molecule has 0 saturated heterocycles. The molecular formula is C10H12BrF2NO. The fourth-order valence-electron chi connectivity index (χ4n) is 1.26. The second-order valence-corrected chi connectivity index (χ2v) is 4.26. The number of halogens is 3. The summed E-state index contributed by atoms with van der Waals surface area (Å²) in [7, 11) is 1.42. The Kier molecular flexibility index (Phi) is 3.67. The molecule has 1 rings (SSSR count). The van der Waals surface area contributed by atoms with Crippen LogP contribution in [0.3, 0.4) is 0 Å². The predicted octanol–water partition coefficient (Wildman–Crippen LogP) is 2.90. The van der Waals surface area contributed by atoms with Crippen LogP contribution in [0.2, 0.25) is 0 Å². The van der Waals surface area contributed by atoms with Gasteiger partial charge in [0.15, 0.2) is 0 Å². The van der Waals surface area contributed by atoms with E-state index >= 15 is 0 Å². The minimum absolute atomic E-state index is 0.286. The van der Waals surface area contributed by atoms with Crippen molar-refractivity contribution < 1.29 is 13.5 Å². The summed E-state index contributed by atoms with van der Waals surface area (Å²) in [6.45, 7) is 1.28. The van der Waals surface area contributed by atoms with Crippen LogP contribution in [0, 0.1) is 0 Å². The van der Waals surface area contributed by atoms with Gasteiger partial charge in [-0.05, 0) is 28.9 Å². The molecule has 0 aliphatic carbocycles. The molecule has 0 amide bonds. The van der Waals surface area contributed by atoms with Crippen molar-refractivity contribution in [2.45, 2.75) is 18.9 Å². The van der Waals surface area contributed by atoms with E-state index in [-0.39, 0.29) is 5.56 Å². The summed E-state index contributed by atoms with van der Waals surface area (Å²) >= 11 is 3.22. The molecule has 0 bridgehead atoms. The van der Waals surface area contributed by atoms with Gasteiger partial charge < -0.3 is 10.5 Å². The lowest BCUT2D eigenvalue weighted by Gasteiger charge is -2.26. The lowest BCUT2D eigenvalue weighted by atomic mass is 9.93. The second-order valence-electron chi connectivity index (χ2n) is 3.40. The number of benzene rings is 1. The van der Waals surface area contributed by atoms with Crippen LogP contribution in [0.15, 0.2) is 22.7 Å². The van der Waals surface area contributed by atoms with Gasteiger partial charge in [-0.2, -0.15) is 0 Å². The first-order valence-electron chi connectivity index (χ1n) is 4.31. The number of alkyl halides is 2. The van der Waals surface area contributed by atoms with Gasteiger partial charge in [-0.15, -0.1) is 0 Å². The van der Waals surface area contributed by atoms with Gasteiger partial charge >= 0.3 is 0 Å². The molecule has 84 valence electrons. The zero-order valence-electron chi connectivity index (χ0n) is 8.43. The molecule has 1 atom stereocenters. The zero-order valence-corrected chi connectivity index (χ0v) is 10.0. The van der Waals surface area contributed by atoms with Crippen LogP contribution in [0.1, 0.15) is 12.5 Å². The Bertz CT molecular complexity index is 355. The van der Waals surface area contributed by atoms with Crippen LogP contribution in [-0.2, 0) is 5.54 Å². The van der Waals surface area contributed by atoms with Crippen LogP contribution in [0.25, 0.3) is 0 Å². The maximum atomic E-state index is 12.8. The highest BCUT2D eigenvalue weighted by Crippen LogP contribution is 2.37. The molecule has 5 heteroatoms. The molecule has 2 nitrogen and oxygen atoms in total. The second kappa shape index (κ2) is 4.45. The van der Waals surface area contributed by atoms with Crippen molar-refractivity contribution in [3.05, 3.63) is 28.2 Å². The average Bonchev–Trinajstić information content (AvgIpc) is 2.17. The fraction of sp³-hybridized carbons (Fsp3) is 0.400. The summed E-state index contributed by atoms with van der Waals surface area (Å²) in [4.78, 5) is 0. The summed E-state index contributed by atoms with van der Waals surface area (Å²) in [5.41, 5.74) is 4.15. The number of rotatable bonds is 3. The number of hydrogen-bond acceptors (Lipinski definition) is 2. The van der Waals surface area contributed by atoms with Crippen molar-refractivity contribution >= 4 is 15.9 Å². The highest BCUT2D eigenvalue weighted by atomic mass is 79.9. The molecule has 0 radical (unpaired) electrons. The third kappa shape index (κ3) is 2.29. The Hall–Kier alpha value is -0.680. The minimum atomic E-state index is -2.65. The Labute approximate surface area is 95.5 Å². The van der Waals surface area contributed by atoms with Gasteiger partial charge in [-0.1, -0.05) is 12.1 Å². The highest BCUT2D eigenvalue weighted by Gasteiger charge is 2.35. The molecule has 0 aromatic heterocycles. The first-order valence-corrected chi connectivity index (χ1v) is 5.10. The van der Waals surface area contributed by atoms with E-state index in [1.54, 1.807) is 12.1 Å². The molecule has 0 saturated carbocycles. The molecule has 0 heterocycles. The van der Waals surface area contributed by atoms with Gasteiger partial charge in [-0.25, -0.2) is 8.78 Å². The van der Waals surface area contributed by atoms with E-state index in [0.717, 1.165) is 0 Å².